The van der Waals surface area contributed by atoms with Crippen molar-refractivity contribution in [2.75, 3.05) is 13.6 Å². The van der Waals surface area contributed by atoms with E-state index in [-0.39, 0.29) is 0 Å². The van der Waals surface area contributed by atoms with Crippen molar-refractivity contribution in [1.29, 1.82) is 0 Å². The lowest BCUT2D eigenvalue weighted by molar-refractivity contribution is 0.124. The minimum absolute atomic E-state index is 0.472. The van der Waals surface area contributed by atoms with Crippen LogP contribution in [0.4, 0.5) is 0 Å². The van der Waals surface area contributed by atoms with E-state index in [0.717, 1.165) is 27.6 Å². The molecule has 0 saturated heterocycles. The average molecular weight is 358 g/mol. The predicted octanol–water partition coefficient (Wildman–Crippen LogP) is 5.23. The molecule has 0 aliphatic rings. The fourth-order valence-electron chi connectivity index (χ4n) is 2.74. The highest BCUT2D eigenvalue weighted by Crippen LogP contribution is 2.32. The number of rotatable bonds is 6. The summed E-state index contributed by atoms with van der Waals surface area (Å²) in [5, 5.41) is 12.3. The highest BCUT2D eigenvalue weighted by molar-refractivity contribution is 7.15. The van der Waals surface area contributed by atoms with Crippen molar-refractivity contribution in [3.8, 4) is 11.1 Å². The van der Waals surface area contributed by atoms with Crippen LogP contribution in [0.3, 0.4) is 0 Å². The van der Waals surface area contributed by atoms with E-state index < -0.39 is 6.10 Å². The van der Waals surface area contributed by atoms with Gasteiger partial charge in [-0.05, 0) is 35.2 Å². The van der Waals surface area contributed by atoms with Gasteiger partial charge in [0.15, 0.2) is 0 Å². The van der Waals surface area contributed by atoms with Crippen LogP contribution in [0.25, 0.3) is 11.1 Å². The number of hydrogen-bond donors (Lipinski definition) is 1. The summed E-state index contributed by atoms with van der Waals surface area (Å²) in [7, 11) is 2.02. The van der Waals surface area contributed by atoms with Crippen LogP contribution in [-0.4, -0.2) is 23.6 Å². The second-order valence-corrected chi connectivity index (χ2v) is 7.45. The summed E-state index contributed by atoms with van der Waals surface area (Å²) < 4.78 is 0.825. The molecule has 124 valence electrons. The lowest BCUT2D eigenvalue weighted by Crippen LogP contribution is -2.24. The van der Waals surface area contributed by atoms with Gasteiger partial charge in [-0.15, -0.1) is 11.3 Å². The van der Waals surface area contributed by atoms with Crippen LogP contribution in [0.15, 0.2) is 66.0 Å². The number of hydrogen-bond acceptors (Lipinski definition) is 3. The summed E-state index contributed by atoms with van der Waals surface area (Å²) in [4.78, 5) is 2.13. The maximum absolute atomic E-state index is 10.3. The van der Waals surface area contributed by atoms with Gasteiger partial charge in [-0.2, -0.15) is 0 Å². The normalized spacial score (nSPS) is 12.5. The highest BCUT2D eigenvalue weighted by Gasteiger charge is 2.11. The molecule has 2 aromatic carbocycles. The summed E-state index contributed by atoms with van der Waals surface area (Å²) in [6.07, 6.45) is -0.472. The number of aliphatic hydroxyl groups is 1. The molecule has 0 aliphatic carbocycles. The van der Waals surface area contributed by atoms with Crippen LogP contribution in [0.5, 0.6) is 0 Å². The summed E-state index contributed by atoms with van der Waals surface area (Å²) in [6.45, 7) is 1.39. The van der Waals surface area contributed by atoms with E-state index >= 15 is 0 Å². The molecule has 0 saturated carbocycles. The summed E-state index contributed by atoms with van der Waals surface area (Å²) >= 11 is 7.74. The third-order valence-corrected chi connectivity index (χ3v) is 5.17. The third-order valence-electron chi connectivity index (χ3n) is 4.00. The molecule has 0 fully saturated rings. The fraction of sp³-hybridized carbons (Fsp3) is 0.200. The molecule has 1 unspecified atom stereocenters. The van der Waals surface area contributed by atoms with Gasteiger partial charge in [0.05, 0.1) is 6.10 Å². The van der Waals surface area contributed by atoms with E-state index in [9.17, 15) is 5.11 Å². The number of nitrogens with zero attached hydrogens (tertiary/aromatic N) is 1. The largest absolute Gasteiger partial charge is 0.387 e. The predicted molar refractivity (Wildman–Crippen MR) is 103 cm³/mol. The van der Waals surface area contributed by atoms with Crippen LogP contribution < -0.4 is 0 Å². The maximum Gasteiger partial charge on any atom is 0.101 e. The van der Waals surface area contributed by atoms with Crippen molar-refractivity contribution in [3.63, 3.8) is 0 Å². The lowest BCUT2D eigenvalue weighted by Gasteiger charge is -2.21. The van der Waals surface area contributed by atoms with Gasteiger partial charge in [0, 0.05) is 18.7 Å². The van der Waals surface area contributed by atoms with Crippen LogP contribution in [0.2, 0.25) is 4.34 Å². The quantitative estimate of drug-likeness (QED) is 0.652. The van der Waals surface area contributed by atoms with Crippen molar-refractivity contribution in [2.24, 2.45) is 0 Å². The van der Waals surface area contributed by atoms with Gasteiger partial charge >= 0.3 is 0 Å². The topological polar surface area (TPSA) is 23.5 Å². The van der Waals surface area contributed by atoms with E-state index in [0.29, 0.717) is 6.54 Å². The zero-order valence-corrected chi connectivity index (χ0v) is 15.1. The van der Waals surface area contributed by atoms with Gasteiger partial charge < -0.3 is 5.11 Å². The molecule has 1 atom stereocenters. The van der Waals surface area contributed by atoms with Crippen molar-refractivity contribution in [1.82, 2.24) is 4.90 Å². The molecule has 3 aromatic rings. The number of thiophene rings is 1. The molecule has 3 rings (SSSR count). The van der Waals surface area contributed by atoms with E-state index in [2.05, 4.69) is 29.2 Å². The molecule has 0 amide bonds. The van der Waals surface area contributed by atoms with Gasteiger partial charge in [-0.25, -0.2) is 0 Å². The molecule has 0 bridgehead atoms. The number of likely N-dealkylation sites (N-methyl/N-ethyl adjacent to an activating group) is 1. The van der Waals surface area contributed by atoms with Crippen molar-refractivity contribution in [3.05, 3.63) is 81.5 Å². The summed E-state index contributed by atoms with van der Waals surface area (Å²) in [5.41, 5.74) is 4.39. The monoisotopic (exact) mass is 357 g/mol. The highest BCUT2D eigenvalue weighted by atomic mass is 35.5. The van der Waals surface area contributed by atoms with Gasteiger partial charge in [0.25, 0.3) is 0 Å². The van der Waals surface area contributed by atoms with E-state index in [1.54, 1.807) is 11.3 Å². The van der Waals surface area contributed by atoms with Crippen molar-refractivity contribution < 1.29 is 5.11 Å². The molecule has 0 radical (unpaired) electrons. The van der Waals surface area contributed by atoms with Crippen molar-refractivity contribution >= 4 is 22.9 Å². The Morgan fingerprint density at radius 3 is 2.38 bits per heavy atom. The minimum atomic E-state index is -0.472. The molecule has 24 heavy (non-hydrogen) atoms. The van der Waals surface area contributed by atoms with E-state index in [4.69, 9.17) is 11.6 Å². The first-order chi connectivity index (χ1) is 11.6. The molecule has 0 spiro atoms. The Morgan fingerprint density at radius 1 is 1.04 bits per heavy atom. The molecular weight excluding hydrogens is 338 g/mol. The Balaban J connectivity index is 1.60. The Morgan fingerprint density at radius 2 is 1.75 bits per heavy atom. The zero-order valence-electron chi connectivity index (χ0n) is 13.5. The molecule has 2 nitrogen and oxygen atoms in total. The Hall–Kier alpha value is -1.65. The second kappa shape index (κ2) is 7.95. The van der Waals surface area contributed by atoms with Crippen molar-refractivity contribution in [2.45, 2.75) is 12.6 Å². The molecule has 1 aromatic heterocycles. The minimum Gasteiger partial charge on any atom is -0.387 e. The first kappa shape index (κ1) is 17.2. The fourth-order valence-corrected chi connectivity index (χ4v) is 3.71. The van der Waals surface area contributed by atoms with E-state index in [1.807, 2.05) is 48.8 Å². The van der Waals surface area contributed by atoms with Crippen LogP contribution >= 0.6 is 22.9 Å². The standard InChI is InChI=1S/C20H20ClNOS/c1-22(14-19(23)17-5-3-2-4-6-17)13-15-7-9-16(10-8-15)18-11-12-24-20(18)21/h2-12,19,23H,13-14H2,1H3. The number of benzene rings is 2. The van der Waals surface area contributed by atoms with Gasteiger partial charge in [-0.3, -0.25) is 4.90 Å². The first-order valence-corrected chi connectivity index (χ1v) is 9.13. The molecule has 4 heteroatoms. The lowest BCUT2D eigenvalue weighted by atomic mass is 10.1. The summed E-state index contributed by atoms with van der Waals surface area (Å²) in [6, 6.07) is 20.3. The maximum atomic E-state index is 10.3. The van der Waals surface area contributed by atoms with Gasteiger partial charge in [0.2, 0.25) is 0 Å². The summed E-state index contributed by atoms with van der Waals surface area (Å²) in [5.74, 6) is 0. The Kier molecular flexibility index (Phi) is 5.69. The third kappa shape index (κ3) is 4.25. The Labute approximate surface area is 152 Å². The SMILES string of the molecule is CN(Cc1ccc(-c2ccsc2Cl)cc1)CC(O)c1ccccc1. The molecule has 1 heterocycles. The average Bonchev–Trinajstić information content (AvgIpc) is 3.02. The smallest absolute Gasteiger partial charge is 0.101 e. The van der Waals surface area contributed by atoms with Crippen LogP contribution in [0.1, 0.15) is 17.2 Å². The second-order valence-electron chi connectivity index (χ2n) is 5.93. The molecular formula is C20H20ClNOS. The van der Waals surface area contributed by atoms with Gasteiger partial charge in [-0.1, -0.05) is 66.2 Å². The van der Waals surface area contributed by atoms with Gasteiger partial charge in [0.1, 0.15) is 4.34 Å². The van der Waals surface area contributed by atoms with Crippen LogP contribution in [-0.2, 0) is 6.54 Å². The first-order valence-electron chi connectivity index (χ1n) is 7.87. The van der Waals surface area contributed by atoms with Crippen LogP contribution in [0, 0.1) is 0 Å². The zero-order chi connectivity index (χ0) is 16.9. The number of aliphatic hydroxyl groups excluding tert-OH is 1. The number of halogens is 1. The van der Waals surface area contributed by atoms with E-state index in [1.165, 1.54) is 5.56 Å². The molecule has 0 aliphatic heterocycles. The molecule has 1 N–H and O–H groups in total. The Bertz CT molecular complexity index is 770.